The lowest BCUT2D eigenvalue weighted by atomic mass is 10.0. The molecular weight excluding hydrogens is 444 g/mol. The van der Waals surface area contributed by atoms with Crippen molar-refractivity contribution >= 4 is 45.9 Å². The van der Waals surface area contributed by atoms with Gasteiger partial charge in [0, 0.05) is 10.9 Å². The molecule has 1 aliphatic rings. The third-order valence-electron chi connectivity index (χ3n) is 5.92. The number of Topliss-reactive ketones (excluding diaryl/α,β-unsaturated/α-hetero) is 1. The van der Waals surface area contributed by atoms with Gasteiger partial charge in [0.05, 0.1) is 28.7 Å². The van der Waals surface area contributed by atoms with E-state index >= 15 is 0 Å². The van der Waals surface area contributed by atoms with Gasteiger partial charge in [0.1, 0.15) is 5.76 Å². The summed E-state index contributed by atoms with van der Waals surface area (Å²) in [7, 11) is 0. The zero-order valence-electron chi connectivity index (χ0n) is 19.0. The number of rotatable bonds is 6. The first kappa shape index (κ1) is 22.3. The Labute approximate surface area is 201 Å². The van der Waals surface area contributed by atoms with Gasteiger partial charge < -0.3 is 14.5 Å². The van der Waals surface area contributed by atoms with Crippen LogP contribution in [0.4, 0.5) is 5.69 Å². The Bertz CT molecular complexity index is 1480. The van der Waals surface area contributed by atoms with Gasteiger partial charge in [0.25, 0.3) is 5.91 Å². The average Bonchev–Trinajstić information content (AvgIpc) is 3.52. The summed E-state index contributed by atoms with van der Waals surface area (Å²) in [5, 5.41) is 3.33. The summed E-state index contributed by atoms with van der Waals surface area (Å²) in [6.07, 6.45) is 4.88. The predicted molar refractivity (Wildman–Crippen MR) is 132 cm³/mol. The summed E-state index contributed by atoms with van der Waals surface area (Å²) < 4.78 is 10.9. The van der Waals surface area contributed by atoms with E-state index in [9.17, 15) is 14.4 Å². The fourth-order valence-electron chi connectivity index (χ4n) is 4.35. The summed E-state index contributed by atoms with van der Waals surface area (Å²) in [5.74, 6) is -0.570. The molecule has 174 valence electrons. The highest BCUT2D eigenvalue weighted by Crippen LogP contribution is 2.37. The van der Waals surface area contributed by atoms with E-state index in [4.69, 9.17) is 14.1 Å². The summed E-state index contributed by atoms with van der Waals surface area (Å²) in [6.45, 7) is 0.945. The van der Waals surface area contributed by atoms with Gasteiger partial charge in [-0.05, 0) is 67.3 Å². The van der Waals surface area contributed by atoms with Crippen LogP contribution >= 0.6 is 0 Å². The number of nitrogens with one attached hydrogen (secondary N) is 1. The highest BCUT2D eigenvalue weighted by atomic mass is 16.5. The Balaban J connectivity index is 1.41. The van der Waals surface area contributed by atoms with Gasteiger partial charge in [-0.25, -0.2) is 9.78 Å². The standard InChI is InChI=1S/C28H22N2O5/c1-17(31)20-8-2-4-10-23(20)29-25(32)16-35-28(33)26-21-9-3-5-11-24(21)30-27-18(12-13-22(26)27)15-19-7-6-14-34-19/h2-11,14-15H,12-13,16H2,1H3,(H,29,32)/b18-15+. The number of pyridine rings is 1. The molecule has 0 bridgehead atoms. The van der Waals surface area contributed by atoms with E-state index in [2.05, 4.69) is 5.32 Å². The fraction of sp³-hybridized carbons (Fsp3) is 0.143. The van der Waals surface area contributed by atoms with E-state index in [0.717, 1.165) is 22.6 Å². The van der Waals surface area contributed by atoms with Crippen molar-refractivity contribution in [3.05, 3.63) is 95.1 Å². The molecule has 1 N–H and O–H groups in total. The third-order valence-corrected chi connectivity index (χ3v) is 5.92. The first-order valence-corrected chi connectivity index (χ1v) is 11.2. The minimum absolute atomic E-state index is 0.171. The fourth-order valence-corrected chi connectivity index (χ4v) is 4.35. The van der Waals surface area contributed by atoms with Crippen LogP contribution in [0.3, 0.4) is 0 Å². The monoisotopic (exact) mass is 466 g/mol. The molecule has 0 unspecified atom stereocenters. The number of furan rings is 1. The molecule has 0 saturated heterocycles. The number of anilines is 1. The number of ketones is 1. The molecule has 0 aliphatic heterocycles. The first-order chi connectivity index (χ1) is 17.0. The molecule has 5 rings (SSSR count). The zero-order chi connectivity index (χ0) is 24.4. The van der Waals surface area contributed by atoms with Crippen molar-refractivity contribution in [2.24, 2.45) is 0 Å². The number of carbonyl (C=O) groups is 3. The van der Waals surface area contributed by atoms with Crippen LogP contribution < -0.4 is 5.32 Å². The van der Waals surface area contributed by atoms with E-state index in [1.165, 1.54) is 6.92 Å². The van der Waals surface area contributed by atoms with Crippen molar-refractivity contribution in [2.75, 3.05) is 11.9 Å². The molecule has 0 fully saturated rings. The number of nitrogens with zero attached hydrogens (tertiary/aromatic N) is 1. The van der Waals surface area contributed by atoms with E-state index in [-0.39, 0.29) is 5.78 Å². The Kier molecular flexibility index (Phi) is 5.97. The van der Waals surface area contributed by atoms with Crippen LogP contribution in [0.2, 0.25) is 0 Å². The maximum Gasteiger partial charge on any atom is 0.339 e. The molecule has 4 aromatic rings. The van der Waals surface area contributed by atoms with E-state index in [0.29, 0.717) is 40.6 Å². The van der Waals surface area contributed by atoms with Crippen molar-refractivity contribution in [1.82, 2.24) is 4.98 Å². The summed E-state index contributed by atoms with van der Waals surface area (Å²) in [4.78, 5) is 42.4. The van der Waals surface area contributed by atoms with Gasteiger partial charge in [-0.1, -0.05) is 30.3 Å². The van der Waals surface area contributed by atoms with Crippen LogP contribution in [-0.4, -0.2) is 29.3 Å². The number of allylic oxidation sites excluding steroid dienone is 1. The second kappa shape index (κ2) is 9.38. The quantitative estimate of drug-likeness (QED) is 0.305. The summed E-state index contributed by atoms with van der Waals surface area (Å²) in [5.41, 5.74) is 4.38. The van der Waals surface area contributed by atoms with Crippen LogP contribution in [-0.2, 0) is 16.0 Å². The number of aromatic nitrogens is 1. The van der Waals surface area contributed by atoms with Crippen molar-refractivity contribution < 1.29 is 23.5 Å². The zero-order valence-corrected chi connectivity index (χ0v) is 19.0. The van der Waals surface area contributed by atoms with Crippen LogP contribution in [0.5, 0.6) is 0 Å². The largest absolute Gasteiger partial charge is 0.465 e. The molecule has 7 nitrogen and oxygen atoms in total. The number of fused-ring (bicyclic) bond motifs is 2. The Morgan fingerprint density at radius 2 is 1.83 bits per heavy atom. The van der Waals surface area contributed by atoms with Crippen LogP contribution in [0.15, 0.2) is 71.3 Å². The Morgan fingerprint density at radius 3 is 2.63 bits per heavy atom. The van der Waals surface area contributed by atoms with Gasteiger partial charge >= 0.3 is 5.97 Å². The maximum atomic E-state index is 13.3. The number of benzene rings is 2. The van der Waals surface area contributed by atoms with Gasteiger partial charge in [-0.3, -0.25) is 9.59 Å². The van der Waals surface area contributed by atoms with E-state index in [1.54, 1.807) is 30.5 Å². The van der Waals surface area contributed by atoms with Crippen LogP contribution in [0.25, 0.3) is 22.6 Å². The van der Waals surface area contributed by atoms with E-state index in [1.807, 2.05) is 42.5 Å². The molecule has 0 radical (unpaired) electrons. The van der Waals surface area contributed by atoms with Gasteiger partial charge in [0.15, 0.2) is 12.4 Å². The first-order valence-electron chi connectivity index (χ1n) is 11.2. The van der Waals surface area contributed by atoms with Gasteiger partial charge in [-0.2, -0.15) is 0 Å². The molecule has 2 aromatic carbocycles. The molecule has 7 heteroatoms. The van der Waals surface area contributed by atoms with Gasteiger partial charge in [0.2, 0.25) is 0 Å². The van der Waals surface area contributed by atoms with E-state index < -0.39 is 18.5 Å². The normalized spacial score (nSPS) is 13.6. The van der Waals surface area contributed by atoms with Crippen LogP contribution in [0.1, 0.15) is 51.1 Å². The lowest BCUT2D eigenvalue weighted by molar-refractivity contribution is -0.119. The van der Waals surface area contributed by atoms with Crippen LogP contribution in [0, 0.1) is 0 Å². The minimum atomic E-state index is -0.589. The Hall–Kier alpha value is -4.52. The van der Waals surface area contributed by atoms with Crippen molar-refractivity contribution in [3.63, 3.8) is 0 Å². The number of hydrogen-bond donors (Lipinski definition) is 1. The number of para-hydroxylation sites is 2. The molecule has 35 heavy (non-hydrogen) atoms. The molecular formula is C28H22N2O5. The number of ether oxygens (including phenoxy) is 1. The molecule has 0 saturated carbocycles. The van der Waals surface area contributed by atoms with Crippen molar-refractivity contribution in [3.8, 4) is 0 Å². The number of amides is 1. The highest BCUT2D eigenvalue weighted by Gasteiger charge is 2.28. The molecule has 0 spiro atoms. The number of carbonyl (C=O) groups excluding carboxylic acids is 3. The average molecular weight is 466 g/mol. The summed E-state index contributed by atoms with van der Waals surface area (Å²) in [6, 6.07) is 17.8. The molecule has 1 aliphatic carbocycles. The number of esters is 1. The highest BCUT2D eigenvalue weighted by molar-refractivity contribution is 6.08. The smallest absolute Gasteiger partial charge is 0.339 e. The SMILES string of the molecule is CC(=O)c1ccccc1NC(=O)COC(=O)c1c2c(nc3ccccc13)/C(=C/c1ccco1)CC2. The maximum absolute atomic E-state index is 13.3. The second-order valence-corrected chi connectivity index (χ2v) is 8.24. The predicted octanol–water partition coefficient (Wildman–Crippen LogP) is 5.31. The molecule has 0 atom stereocenters. The lowest BCUT2D eigenvalue weighted by Crippen LogP contribution is -2.22. The molecule has 1 amide bonds. The Morgan fingerprint density at radius 1 is 1.03 bits per heavy atom. The topological polar surface area (TPSA) is 98.5 Å². The number of hydrogen-bond acceptors (Lipinski definition) is 6. The van der Waals surface area contributed by atoms with Crippen molar-refractivity contribution in [1.29, 1.82) is 0 Å². The van der Waals surface area contributed by atoms with Crippen molar-refractivity contribution in [2.45, 2.75) is 19.8 Å². The lowest BCUT2D eigenvalue weighted by Gasteiger charge is -2.13. The minimum Gasteiger partial charge on any atom is -0.465 e. The summed E-state index contributed by atoms with van der Waals surface area (Å²) >= 11 is 0. The molecule has 2 aromatic heterocycles. The second-order valence-electron chi connectivity index (χ2n) is 8.24. The van der Waals surface area contributed by atoms with Gasteiger partial charge in [-0.15, -0.1) is 0 Å². The third kappa shape index (κ3) is 4.48. The molecule has 2 heterocycles.